The Morgan fingerprint density at radius 3 is 2.39 bits per heavy atom. The third-order valence-electron chi connectivity index (χ3n) is 2.47. The van der Waals surface area contributed by atoms with E-state index in [-0.39, 0.29) is 12.1 Å². The van der Waals surface area contributed by atoms with Gasteiger partial charge >= 0.3 is 6.09 Å². The summed E-state index contributed by atoms with van der Waals surface area (Å²) in [5.41, 5.74) is 0.655. The van der Waals surface area contributed by atoms with Crippen LogP contribution in [0.5, 0.6) is 0 Å². The second kappa shape index (κ2) is 6.43. The molecule has 0 unspecified atom stereocenters. The number of carbonyl (C=O) groups is 1. The number of rotatable bonds is 4. The molecule has 0 heterocycles. The van der Waals surface area contributed by atoms with Gasteiger partial charge in [0.1, 0.15) is 5.60 Å². The molecule has 1 aromatic rings. The summed E-state index contributed by atoms with van der Waals surface area (Å²) in [4.78, 5) is 11.8. The maximum atomic E-state index is 11.8. The van der Waals surface area contributed by atoms with Gasteiger partial charge in [0, 0.05) is 0 Å². The van der Waals surface area contributed by atoms with Gasteiger partial charge in [0.15, 0.2) is 0 Å². The van der Waals surface area contributed by atoms with Crippen LogP contribution in [0.1, 0.15) is 52.1 Å². The van der Waals surface area contributed by atoms with Crippen LogP contribution in [0.2, 0.25) is 0 Å². The molecule has 3 nitrogen and oxygen atoms in total. The zero-order valence-electron chi connectivity index (χ0n) is 11.7. The highest BCUT2D eigenvalue weighted by Crippen LogP contribution is 2.19. The van der Waals surface area contributed by atoms with Crippen molar-refractivity contribution in [2.45, 2.75) is 52.2 Å². The van der Waals surface area contributed by atoms with Crippen molar-refractivity contribution in [1.29, 1.82) is 0 Å². The average molecular weight is 249 g/mol. The zero-order chi connectivity index (χ0) is 13.6. The summed E-state index contributed by atoms with van der Waals surface area (Å²) >= 11 is 0. The summed E-state index contributed by atoms with van der Waals surface area (Å²) in [6.45, 7) is 7.70. The molecule has 1 rings (SSSR count). The molecule has 1 atom stereocenters. The largest absolute Gasteiger partial charge is 0.444 e. The van der Waals surface area contributed by atoms with Gasteiger partial charge in [-0.2, -0.15) is 0 Å². The minimum Gasteiger partial charge on any atom is -0.444 e. The summed E-state index contributed by atoms with van der Waals surface area (Å²) in [7, 11) is 0. The van der Waals surface area contributed by atoms with Crippen molar-refractivity contribution in [3.63, 3.8) is 0 Å². The number of amides is 1. The van der Waals surface area contributed by atoms with Crippen LogP contribution in [0.25, 0.3) is 0 Å². The Bertz CT molecular complexity index is 368. The Morgan fingerprint density at radius 2 is 1.89 bits per heavy atom. The topological polar surface area (TPSA) is 38.3 Å². The van der Waals surface area contributed by atoms with Crippen LogP contribution in [0.3, 0.4) is 0 Å². The molecule has 0 aliphatic carbocycles. The third kappa shape index (κ3) is 5.21. The van der Waals surface area contributed by atoms with Crippen molar-refractivity contribution >= 4 is 6.09 Å². The fourth-order valence-corrected chi connectivity index (χ4v) is 1.75. The SMILES string of the molecule is CCC[C@H](NC(=O)OC(C)(C)C)c1ccccc1. The van der Waals surface area contributed by atoms with Gasteiger partial charge in [-0.15, -0.1) is 0 Å². The first-order valence-electron chi connectivity index (χ1n) is 6.47. The van der Waals surface area contributed by atoms with Crippen molar-refractivity contribution in [3.05, 3.63) is 35.9 Å². The molecule has 18 heavy (non-hydrogen) atoms. The average Bonchev–Trinajstić information content (AvgIpc) is 2.27. The van der Waals surface area contributed by atoms with E-state index in [4.69, 9.17) is 4.74 Å². The van der Waals surface area contributed by atoms with Gasteiger partial charge in [-0.25, -0.2) is 4.79 Å². The first-order valence-corrected chi connectivity index (χ1v) is 6.47. The molecule has 0 saturated heterocycles. The van der Waals surface area contributed by atoms with E-state index in [9.17, 15) is 4.79 Å². The van der Waals surface area contributed by atoms with Crippen molar-refractivity contribution in [2.75, 3.05) is 0 Å². The first kappa shape index (κ1) is 14.6. The van der Waals surface area contributed by atoms with E-state index in [0.29, 0.717) is 0 Å². The van der Waals surface area contributed by atoms with Crippen LogP contribution in [-0.4, -0.2) is 11.7 Å². The van der Waals surface area contributed by atoms with Gasteiger partial charge in [-0.05, 0) is 32.8 Å². The maximum absolute atomic E-state index is 11.8. The van der Waals surface area contributed by atoms with E-state index in [2.05, 4.69) is 12.2 Å². The summed E-state index contributed by atoms with van der Waals surface area (Å²) in [5.74, 6) is 0. The van der Waals surface area contributed by atoms with E-state index < -0.39 is 5.60 Å². The summed E-state index contributed by atoms with van der Waals surface area (Å²) in [6, 6.07) is 10.0. The van der Waals surface area contributed by atoms with E-state index >= 15 is 0 Å². The number of carbonyl (C=O) groups excluding carboxylic acids is 1. The Hall–Kier alpha value is -1.51. The molecule has 1 N–H and O–H groups in total. The van der Waals surface area contributed by atoms with Crippen molar-refractivity contribution < 1.29 is 9.53 Å². The lowest BCUT2D eigenvalue weighted by atomic mass is 10.0. The number of alkyl carbamates (subject to hydrolysis) is 1. The van der Waals surface area contributed by atoms with Crippen LogP contribution in [-0.2, 0) is 4.74 Å². The van der Waals surface area contributed by atoms with E-state index in [1.165, 1.54) is 0 Å². The number of hydrogen-bond donors (Lipinski definition) is 1. The van der Waals surface area contributed by atoms with Gasteiger partial charge < -0.3 is 10.1 Å². The van der Waals surface area contributed by atoms with Gasteiger partial charge in [-0.3, -0.25) is 0 Å². The molecule has 100 valence electrons. The fourth-order valence-electron chi connectivity index (χ4n) is 1.75. The normalized spacial score (nSPS) is 12.9. The Kier molecular flexibility index (Phi) is 5.20. The van der Waals surface area contributed by atoms with Crippen LogP contribution < -0.4 is 5.32 Å². The van der Waals surface area contributed by atoms with Gasteiger partial charge in [0.25, 0.3) is 0 Å². The minimum atomic E-state index is -0.461. The second-order valence-corrected chi connectivity index (χ2v) is 5.40. The monoisotopic (exact) mass is 249 g/mol. The lowest BCUT2D eigenvalue weighted by Gasteiger charge is -2.23. The number of hydrogen-bond acceptors (Lipinski definition) is 2. The Morgan fingerprint density at radius 1 is 1.28 bits per heavy atom. The molecule has 0 aliphatic heterocycles. The quantitative estimate of drug-likeness (QED) is 0.874. The first-order chi connectivity index (χ1) is 8.42. The predicted molar refractivity (Wildman–Crippen MR) is 73.5 cm³/mol. The molecule has 3 heteroatoms. The molecule has 0 saturated carbocycles. The smallest absolute Gasteiger partial charge is 0.408 e. The van der Waals surface area contributed by atoms with Crippen LogP contribution in [0, 0.1) is 0 Å². The summed E-state index contributed by atoms with van der Waals surface area (Å²) < 4.78 is 5.29. The van der Waals surface area contributed by atoms with Gasteiger partial charge in [0.2, 0.25) is 0 Å². The lowest BCUT2D eigenvalue weighted by Crippen LogP contribution is -2.34. The molecule has 1 amide bonds. The zero-order valence-corrected chi connectivity index (χ0v) is 11.7. The number of benzene rings is 1. The standard InChI is InChI=1S/C15H23NO2/c1-5-9-13(12-10-7-6-8-11-12)16-14(17)18-15(2,3)4/h6-8,10-11,13H,5,9H2,1-4H3,(H,16,17)/t13-/m0/s1. The van der Waals surface area contributed by atoms with Crippen LogP contribution in [0.4, 0.5) is 4.79 Å². The second-order valence-electron chi connectivity index (χ2n) is 5.40. The van der Waals surface area contributed by atoms with Gasteiger partial charge in [0.05, 0.1) is 6.04 Å². The highest BCUT2D eigenvalue weighted by molar-refractivity contribution is 5.68. The van der Waals surface area contributed by atoms with Crippen molar-refractivity contribution in [3.8, 4) is 0 Å². The van der Waals surface area contributed by atoms with Crippen LogP contribution >= 0.6 is 0 Å². The van der Waals surface area contributed by atoms with E-state index in [1.807, 2.05) is 51.1 Å². The number of ether oxygens (including phenoxy) is 1. The summed E-state index contributed by atoms with van der Waals surface area (Å²) in [5, 5.41) is 2.93. The van der Waals surface area contributed by atoms with Crippen LogP contribution in [0.15, 0.2) is 30.3 Å². The lowest BCUT2D eigenvalue weighted by molar-refractivity contribution is 0.0501. The highest BCUT2D eigenvalue weighted by Gasteiger charge is 2.19. The molecule has 0 fully saturated rings. The molecule has 0 aliphatic rings. The molecule has 0 radical (unpaired) electrons. The molecule has 1 aromatic carbocycles. The fraction of sp³-hybridized carbons (Fsp3) is 0.533. The van der Waals surface area contributed by atoms with Crippen molar-refractivity contribution in [2.24, 2.45) is 0 Å². The van der Waals surface area contributed by atoms with E-state index in [0.717, 1.165) is 18.4 Å². The van der Waals surface area contributed by atoms with Gasteiger partial charge in [-0.1, -0.05) is 43.7 Å². The summed E-state index contributed by atoms with van der Waals surface area (Å²) in [6.07, 6.45) is 1.56. The Balaban J connectivity index is 2.67. The molecular formula is C15H23NO2. The van der Waals surface area contributed by atoms with E-state index in [1.54, 1.807) is 0 Å². The molecule has 0 bridgehead atoms. The molecule has 0 aromatic heterocycles. The Labute approximate surface area is 110 Å². The third-order valence-corrected chi connectivity index (χ3v) is 2.47. The minimum absolute atomic E-state index is 0.0195. The maximum Gasteiger partial charge on any atom is 0.408 e. The molecular weight excluding hydrogens is 226 g/mol. The highest BCUT2D eigenvalue weighted by atomic mass is 16.6. The van der Waals surface area contributed by atoms with Crippen molar-refractivity contribution in [1.82, 2.24) is 5.32 Å². The molecule has 0 spiro atoms. The number of nitrogens with one attached hydrogen (secondary N) is 1. The predicted octanol–water partition coefficient (Wildman–Crippen LogP) is 4.05.